The van der Waals surface area contributed by atoms with Crippen LogP contribution >= 0.6 is 0 Å². The summed E-state index contributed by atoms with van der Waals surface area (Å²) in [4.78, 5) is 19.6. The van der Waals surface area contributed by atoms with Crippen molar-refractivity contribution < 1.29 is 35.9 Å². The van der Waals surface area contributed by atoms with Gasteiger partial charge >= 0.3 is 12.4 Å². The minimum atomic E-state index is -4.77. The van der Waals surface area contributed by atoms with Crippen LogP contribution in [0, 0.1) is 16.7 Å². The minimum absolute atomic E-state index is 0.0552. The number of methoxy groups -OCH3 is 1. The second kappa shape index (κ2) is 13.4. The standard InChI is InChI=1S/C34H32F6N8O2/c1-47-19-44-46-30(47)23-4-3-22(33(35,36)37)15-24(23)21-13-28(43-18-32(5-6-32)7-8-41)45-29(14-21)48-17-26-25(31(48)49)11-20(16-42-9-10-50-2)12-27(26)34(38,39)40/h3-4,11-15,19,42H,5-7,9-10,16-18H2,1-2H3,(H,43,45). The first-order valence-corrected chi connectivity index (χ1v) is 15.7. The van der Waals surface area contributed by atoms with Crippen molar-refractivity contribution in [3.8, 4) is 28.6 Å². The normalized spacial score (nSPS) is 15.3. The van der Waals surface area contributed by atoms with E-state index in [0.29, 0.717) is 25.3 Å². The van der Waals surface area contributed by atoms with Crippen molar-refractivity contribution >= 4 is 17.5 Å². The van der Waals surface area contributed by atoms with E-state index in [-0.39, 0.29) is 63.7 Å². The highest BCUT2D eigenvalue weighted by Gasteiger charge is 2.43. The summed E-state index contributed by atoms with van der Waals surface area (Å²) in [6.07, 6.45) is -6.23. The van der Waals surface area contributed by atoms with E-state index < -0.39 is 35.9 Å². The number of carbonyl (C=O) groups excluding carboxylic acids is 1. The molecule has 4 aromatic rings. The number of rotatable bonds is 12. The SMILES string of the molecule is COCCNCc1cc2c(c(C(F)(F)F)c1)CN(c1cc(-c3cc(C(F)(F)F)ccc3-c3nncn3C)cc(NCC3(CC#N)CC3)n1)C2=O. The van der Waals surface area contributed by atoms with E-state index >= 15 is 0 Å². The number of aromatic nitrogens is 4. The Morgan fingerprint density at radius 1 is 1.02 bits per heavy atom. The Balaban J connectivity index is 1.46. The van der Waals surface area contributed by atoms with Gasteiger partial charge in [-0.15, -0.1) is 10.2 Å². The maximum Gasteiger partial charge on any atom is 0.416 e. The number of fused-ring (bicyclic) bond motifs is 1. The third kappa shape index (κ3) is 7.15. The molecule has 262 valence electrons. The number of amides is 1. The second-order valence-electron chi connectivity index (χ2n) is 12.5. The molecule has 2 aliphatic rings. The Morgan fingerprint density at radius 3 is 2.44 bits per heavy atom. The van der Waals surface area contributed by atoms with E-state index in [1.54, 1.807) is 7.05 Å². The quantitative estimate of drug-likeness (QED) is 0.126. The van der Waals surface area contributed by atoms with Gasteiger partial charge in [0, 0.05) is 56.8 Å². The van der Waals surface area contributed by atoms with Gasteiger partial charge in [0.15, 0.2) is 5.82 Å². The topological polar surface area (TPSA) is 121 Å². The third-order valence-electron chi connectivity index (χ3n) is 8.97. The predicted octanol–water partition coefficient (Wildman–Crippen LogP) is 6.58. The molecule has 2 aromatic heterocycles. The summed E-state index contributed by atoms with van der Waals surface area (Å²) >= 11 is 0. The molecule has 1 aliphatic carbocycles. The maximum atomic E-state index is 14.4. The Hall–Kier alpha value is -5.01. The lowest BCUT2D eigenvalue weighted by Crippen LogP contribution is -2.25. The summed E-state index contributed by atoms with van der Waals surface area (Å²) in [6, 6.07) is 10.6. The van der Waals surface area contributed by atoms with Gasteiger partial charge in [-0.25, -0.2) is 4.98 Å². The van der Waals surface area contributed by atoms with Gasteiger partial charge in [-0.1, -0.05) is 0 Å². The first-order chi connectivity index (χ1) is 23.7. The van der Waals surface area contributed by atoms with E-state index in [0.717, 1.165) is 35.9 Å². The first kappa shape index (κ1) is 34.8. The molecule has 50 heavy (non-hydrogen) atoms. The Kier molecular flexibility index (Phi) is 9.31. The molecule has 3 heterocycles. The van der Waals surface area contributed by atoms with Crippen molar-refractivity contribution in [2.24, 2.45) is 12.5 Å². The number of hydrogen-bond acceptors (Lipinski definition) is 8. The summed E-state index contributed by atoms with van der Waals surface area (Å²) in [7, 11) is 3.13. The van der Waals surface area contributed by atoms with E-state index in [9.17, 15) is 36.4 Å². The monoisotopic (exact) mass is 698 g/mol. The average Bonchev–Trinajstić information content (AvgIpc) is 3.57. The molecular formula is C34H32F6N8O2. The predicted molar refractivity (Wildman–Crippen MR) is 171 cm³/mol. The number of benzene rings is 2. The van der Waals surface area contributed by atoms with Crippen LogP contribution in [0.2, 0.25) is 0 Å². The molecule has 0 saturated heterocycles. The van der Waals surface area contributed by atoms with Crippen LogP contribution in [0.5, 0.6) is 0 Å². The zero-order valence-electron chi connectivity index (χ0n) is 27.0. The molecule has 1 amide bonds. The smallest absolute Gasteiger partial charge is 0.383 e. The van der Waals surface area contributed by atoms with Crippen LogP contribution in [0.25, 0.3) is 22.5 Å². The fourth-order valence-corrected chi connectivity index (χ4v) is 6.04. The number of hydrogen-bond donors (Lipinski definition) is 2. The number of nitriles is 1. The summed E-state index contributed by atoms with van der Waals surface area (Å²) < 4.78 is 91.7. The zero-order valence-corrected chi connectivity index (χ0v) is 27.0. The number of aryl methyl sites for hydroxylation is 1. The van der Waals surface area contributed by atoms with Gasteiger partial charge in [-0.05, 0) is 77.6 Å². The van der Waals surface area contributed by atoms with Crippen molar-refractivity contribution in [2.45, 2.75) is 44.7 Å². The van der Waals surface area contributed by atoms with Crippen molar-refractivity contribution in [2.75, 3.05) is 37.0 Å². The molecule has 0 radical (unpaired) electrons. The zero-order chi connectivity index (χ0) is 35.8. The number of carbonyl (C=O) groups is 1. The second-order valence-corrected chi connectivity index (χ2v) is 12.5. The van der Waals surface area contributed by atoms with Gasteiger partial charge in [0.2, 0.25) is 0 Å². The highest BCUT2D eigenvalue weighted by Crippen LogP contribution is 2.49. The molecule has 1 fully saturated rings. The molecule has 0 spiro atoms. The number of nitrogens with one attached hydrogen (secondary N) is 2. The van der Waals surface area contributed by atoms with Crippen molar-refractivity contribution in [3.05, 3.63) is 76.6 Å². The number of pyridine rings is 1. The van der Waals surface area contributed by atoms with Gasteiger partial charge in [-0.2, -0.15) is 31.6 Å². The number of alkyl halides is 6. The highest BCUT2D eigenvalue weighted by molar-refractivity contribution is 6.10. The minimum Gasteiger partial charge on any atom is -0.383 e. The molecule has 0 bridgehead atoms. The lowest BCUT2D eigenvalue weighted by molar-refractivity contribution is -0.138. The number of anilines is 2. The van der Waals surface area contributed by atoms with Crippen LogP contribution in [0.15, 0.2) is 48.8 Å². The van der Waals surface area contributed by atoms with Crippen molar-refractivity contribution in [3.63, 3.8) is 0 Å². The average molecular weight is 699 g/mol. The van der Waals surface area contributed by atoms with Crippen LogP contribution in [0.4, 0.5) is 38.0 Å². The van der Waals surface area contributed by atoms with Crippen LogP contribution < -0.4 is 15.5 Å². The van der Waals surface area contributed by atoms with E-state index in [1.165, 1.54) is 42.3 Å². The molecule has 0 unspecified atom stereocenters. The Labute approximate surface area is 283 Å². The van der Waals surface area contributed by atoms with Crippen LogP contribution in [0.1, 0.15) is 51.9 Å². The van der Waals surface area contributed by atoms with Crippen LogP contribution in [-0.4, -0.2) is 52.5 Å². The first-order valence-electron chi connectivity index (χ1n) is 15.7. The van der Waals surface area contributed by atoms with Gasteiger partial charge in [0.05, 0.1) is 30.3 Å². The van der Waals surface area contributed by atoms with Gasteiger partial charge < -0.3 is 19.9 Å². The molecule has 0 atom stereocenters. The number of ether oxygens (including phenoxy) is 1. The van der Waals surface area contributed by atoms with Crippen molar-refractivity contribution in [1.29, 1.82) is 5.26 Å². The largest absolute Gasteiger partial charge is 0.416 e. The van der Waals surface area contributed by atoms with Crippen LogP contribution in [-0.2, 0) is 37.2 Å². The van der Waals surface area contributed by atoms with Gasteiger partial charge in [-0.3, -0.25) is 9.69 Å². The molecule has 16 heteroatoms. The van der Waals surface area contributed by atoms with E-state index in [2.05, 4.69) is 31.9 Å². The fraction of sp³-hybridized carbons (Fsp3) is 0.382. The lowest BCUT2D eigenvalue weighted by atomic mass is 9.96. The van der Waals surface area contributed by atoms with Gasteiger partial charge in [0.25, 0.3) is 5.91 Å². The summed E-state index contributed by atoms with van der Waals surface area (Å²) in [5.41, 5.74) is -1.74. The maximum absolute atomic E-state index is 14.4. The lowest BCUT2D eigenvalue weighted by Gasteiger charge is -2.21. The molecule has 2 aromatic carbocycles. The number of halogens is 6. The van der Waals surface area contributed by atoms with Crippen LogP contribution in [0.3, 0.4) is 0 Å². The van der Waals surface area contributed by atoms with Crippen molar-refractivity contribution in [1.82, 2.24) is 25.1 Å². The highest BCUT2D eigenvalue weighted by atomic mass is 19.4. The van der Waals surface area contributed by atoms with E-state index in [4.69, 9.17) is 4.74 Å². The Bertz CT molecular complexity index is 1960. The Morgan fingerprint density at radius 2 is 1.80 bits per heavy atom. The van der Waals surface area contributed by atoms with Gasteiger partial charge in [0.1, 0.15) is 18.0 Å². The molecule has 1 saturated carbocycles. The van der Waals surface area contributed by atoms with E-state index in [1.807, 2.05) is 0 Å². The summed E-state index contributed by atoms with van der Waals surface area (Å²) in [5, 5.41) is 23.4. The molecule has 10 nitrogen and oxygen atoms in total. The molecule has 1 aliphatic heterocycles. The summed E-state index contributed by atoms with van der Waals surface area (Å²) in [5.74, 6) is -0.365. The summed E-state index contributed by atoms with van der Waals surface area (Å²) in [6.45, 7) is 0.626. The fourth-order valence-electron chi connectivity index (χ4n) is 6.04. The molecule has 2 N–H and O–H groups in total. The third-order valence-corrected chi connectivity index (χ3v) is 8.97. The number of nitrogens with zero attached hydrogens (tertiary/aromatic N) is 6. The molecule has 6 rings (SSSR count). The molecular weight excluding hydrogens is 666 g/mol.